The first-order chi connectivity index (χ1) is 8.38. The summed E-state index contributed by atoms with van der Waals surface area (Å²) in [6.07, 6.45) is -8.41. The molecule has 2 unspecified atom stereocenters. The van der Waals surface area contributed by atoms with E-state index in [-0.39, 0.29) is 0 Å². The first-order valence-corrected chi connectivity index (χ1v) is 4.81. The van der Waals surface area contributed by atoms with Gasteiger partial charge in [0.25, 0.3) is 5.91 Å². The van der Waals surface area contributed by atoms with Crippen LogP contribution in [-0.2, 0) is 9.53 Å². The molecule has 0 aromatic rings. The summed E-state index contributed by atoms with van der Waals surface area (Å²) in [5, 5.41) is -0.703. The van der Waals surface area contributed by atoms with Crippen LogP contribution in [0.1, 0.15) is 0 Å². The van der Waals surface area contributed by atoms with Gasteiger partial charge in [0, 0.05) is 0 Å². The van der Waals surface area contributed by atoms with E-state index in [0.29, 0.717) is 0 Å². The molecule has 2 atom stereocenters. The fourth-order valence-corrected chi connectivity index (χ4v) is 1.13. The van der Waals surface area contributed by atoms with Crippen molar-refractivity contribution >= 4 is 23.5 Å². The lowest BCUT2D eigenvalue weighted by Gasteiger charge is -2.32. The van der Waals surface area contributed by atoms with Gasteiger partial charge in [-0.05, 0) is 0 Å². The molecular weight excluding hydrogens is 310 g/mol. The van der Waals surface area contributed by atoms with E-state index in [2.05, 4.69) is 4.74 Å². The molecule has 0 bridgehead atoms. The Bertz CT molecular complexity index is 399. The van der Waals surface area contributed by atoms with Crippen molar-refractivity contribution in [3.05, 3.63) is 0 Å². The number of imide groups is 1. The van der Waals surface area contributed by atoms with Crippen LogP contribution in [0.5, 0.6) is 0 Å². The number of alkyl halides is 7. The lowest BCUT2D eigenvalue weighted by molar-refractivity contribution is -0.302. The van der Waals surface area contributed by atoms with Crippen molar-refractivity contribution in [3.8, 4) is 0 Å². The summed E-state index contributed by atoms with van der Waals surface area (Å²) in [7, 11) is 0. The van der Waals surface area contributed by atoms with Gasteiger partial charge in [0.2, 0.25) is 0 Å². The second kappa shape index (κ2) is 4.71. The van der Waals surface area contributed by atoms with Crippen molar-refractivity contribution < 1.29 is 40.7 Å². The van der Waals surface area contributed by atoms with Gasteiger partial charge in [-0.25, -0.2) is 9.18 Å². The van der Waals surface area contributed by atoms with Crippen molar-refractivity contribution in [2.75, 3.05) is 6.61 Å². The quantitative estimate of drug-likeness (QED) is 0.609. The Morgan fingerprint density at radius 3 is 2.26 bits per heavy atom. The van der Waals surface area contributed by atoms with Gasteiger partial charge in [-0.2, -0.15) is 22.0 Å². The van der Waals surface area contributed by atoms with Crippen molar-refractivity contribution in [3.63, 3.8) is 0 Å². The molecule has 1 rings (SSSR count). The maximum absolute atomic E-state index is 13.5. The highest BCUT2D eigenvalue weighted by Gasteiger charge is 2.59. The summed E-state index contributed by atoms with van der Waals surface area (Å²) < 4.78 is 77.8. The average molecular weight is 315 g/mol. The molecule has 0 saturated carbocycles. The van der Waals surface area contributed by atoms with E-state index < -0.39 is 42.0 Å². The van der Waals surface area contributed by atoms with Gasteiger partial charge in [-0.1, -0.05) is 11.6 Å². The van der Waals surface area contributed by atoms with Crippen LogP contribution in [0.4, 0.5) is 31.1 Å². The zero-order valence-electron chi connectivity index (χ0n) is 8.65. The molecule has 1 heterocycles. The Morgan fingerprint density at radius 2 is 1.79 bits per heavy atom. The molecule has 0 aromatic heterocycles. The van der Waals surface area contributed by atoms with Crippen LogP contribution in [0.2, 0.25) is 0 Å². The van der Waals surface area contributed by atoms with Crippen LogP contribution in [0.15, 0.2) is 0 Å². The Hall–Kier alpha value is -1.23. The Kier molecular flexibility index (Phi) is 3.92. The second-order valence-electron chi connectivity index (χ2n) is 3.44. The number of hydrogen-bond acceptors (Lipinski definition) is 3. The number of carbonyl (C=O) groups is 2. The molecule has 1 aliphatic heterocycles. The molecule has 3 amide bonds. The molecule has 12 heteroatoms. The highest BCUT2D eigenvalue weighted by molar-refractivity contribution is 6.35. The zero-order valence-corrected chi connectivity index (χ0v) is 9.41. The van der Waals surface area contributed by atoms with Crippen LogP contribution in [0.25, 0.3) is 0 Å². The number of amides is 3. The summed E-state index contributed by atoms with van der Waals surface area (Å²) in [4.78, 5) is 21.6. The Balaban J connectivity index is 2.76. The van der Waals surface area contributed by atoms with E-state index >= 15 is 0 Å². The minimum Gasteiger partial charge on any atom is -0.346 e. The highest BCUT2D eigenvalue weighted by atomic mass is 35.5. The summed E-state index contributed by atoms with van der Waals surface area (Å²) >= 11 is 4.95. The van der Waals surface area contributed by atoms with Gasteiger partial charge in [0.1, 0.15) is 6.61 Å². The highest BCUT2D eigenvalue weighted by Crippen LogP contribution is 2.36. The van der Waals surface area contributed by atoms with Gasteiger partial charge in [0.05, 0.1) is 0 Å². The smallest absolute Gasteiger partial charge is 0.346 e. The van der Waals surface area contributed by atoms with E-state index in [1.165, 1.54) is 10.6 Å². The van der Waals surface area contributed by atoms with Crippen molar-refractivity contribution in [2.24, 2.45) is 0 Å². The molecule has 1 aliphatic rings. The monoisotopic (exact) mass is 314 g/mol. The predicted octanol–water partition coefficient (Wildman–Crippen LogP) is 1.27. The van der Waals surface area contributed by atoms with Crippen LogP contribution >= 0.6 is 11.6 Å². The molecule has 0 spiro atoms. The van der Waals surface area contributed by atoms with E-state index in [0.717, 1.165) is 0 Å². The SMILES string of the molecule is O=C1NC(=O)C(F)(Cl)C(OCC(F)(F)C(F)(F)F)N1. The molecule has 0 radical (unpaired) electrons. The number of halogens is 7. The van der Waals surface area contributed by atoms with Gasteiger partial charge in [-0.15, -0.1) is 0 Å². The maximum Gasteiger partial charge on any atom is 0.455 e. The third-order valence-corrected chi connectivity index (χ3v) is 2.34. The van der Waals surface area contributed by atoms with E-state index in [1.807, 2.05) is 0 Å². The number of ether oxygens (including phenoxy) is 1. The van der Waals surface area contributed by atoms with Gasteiger partial charge < -0.3 is 10.1 Å². The largest absolute Gasteiger partial charge is 0.455 e. The molecule has 1 fully saturated rings. The first-order valence-electron chi connectivity index (χ1n) is 4.44. The van der Waals surface area contributed by atoms with Crippen LogP contribution in [0.3, 0.4) is 0 Å². The minimum absolute atomic E-state index is 1.34. The lowest BCUT2D eigenvalue weighted by Crippen LogP contribution is -2.66. The molecule has 5 nitrogen and oxygen atoms in total. The maximum atomic E-state index is 13.5. The molecule has 110 valence electrons. The normalized spacial score (nSPS) is 28.9. The fourth-order valence-electron chi connectivity index (χ4n) is 0.967. The van der Waals surface area contributed by atoms with Crippen molar-refractivity contribution in [2.45, 2.75) is 23.5 Å². The van der Waals surface area contributed by atoms with E-state index in [9.17, 15) is 35.9 Å². The predicted molar refractivity (Wildman–Crippen MR) is 47.1 cm³/mol. The Labute approximate surface area is 106 Å². The summed E-state index contributed by atoms with van der Waals surface area (Å²) in [5.41, 5.74) is 0. The number of urea groups is 1. The van der Waals surface area contributed by atoms with Gasteiger partial charge in [-0.3, -0.25) is 10.1 Å². The molecular formula is C7H5ClF6N2O3. The van der Waals surface area contributed by atoms with Crippen LogP contribution in [0, 0.1) is 0 Å². The Morgan fingerprint density at radius 1 is 1.26 bits per heavy atom. The van der Waals surface area contributed by atoms with Crippen molar-refractivity contribution in [1.82, 2.24) is 10.6 Å². The molecule has 0 aromatic carbocycles. The number of rotatable bonds is 3. The molecule has 19 heavy (non-hydrogen) atoms. The zero-order chi connectivity index (χ0) is 15.1. The second-order valence-corrected chi connectivity index (χ2v) is 3.99. The van der Waals surface area contributed by atoms with Crippen LogP contribution < -0.4 is 10.6 Å². The third-order valence-electron chi connectivity index (χ3n) is 1.97. The lowest BCUT2D eigenvalue weighted by atomic mass is 10.2. The average Bonchev–Trinajstić information content (AvgIpc) is 2.20. The molecule has 1 saturated heterocycles. The van der Waals surface area contributed by atoms with Crippen LogP contribution in [-0.4, -0.2) is 42.0 Å². The molecule has 0 aliphatic carbocycles. The standard InChI is InChI=1S/C7H5ClF6N2O3/c8-6(11)2(17)15-4(18)16-3(6)19-1-5(9,10)7(12,13)14/h3H,1H2,(H2,15,16,17,18). The fraction of sp³-hybridized carbons (Fsp3) is 0.714. The summed E-state index contributed by atoms with van der Waals surface area (Å²) in [6, 6.07) is -1.35. The minimum atomic E-state index is -5.93. The number of hydrogen-bond donors (Lipinski definition) is 2. The summed E-state index contributed by atoms with van der Waals surface area (Å²) in [6.45, 7) is -2.31. The third kappa shape index (κ3) is 3.21. The van der Waals surface area contributed by atoms with E-state index in [4.69, 9.17) is 11.6 Å². The van der Waals surface area contributed by atoms with E-state index in [1.54, 1.807) is 0 Å². The van der Waals surface area contributed by atoms with Crippen molar-refractivity contribution in [1.29, 1.82) is 0 Å². The number of carbonyl (C=O) groups excluding carboxylic acids is 2. The summed E-state index contributed by atoms with van der Waals surface area (Å²) in [5.74, 6) is -7.03. The first kappa shape index (κ1) is 15.8. The van der Waals surface area contributed by atoms with Gasteiger partial charge >= 0.3 is 23.3 Å². The molecule has 2 N–H and O–H groups in total. The van der Waals surface area contributed by atoms with Gasteiger partial charge in [0.15, 0.2) is 6.23 Å². The number of nitrogens with one attached hydrogen (secondary N) is 2. The topological polar surface area (TPSA) is 67.4 Å².